The summed E-state index contributed by atoms with van der Waals surface area (Å²) in [6.45, 7) is 0.609. The summed E-state index contributed by atoms with van der Waals surface area (Å²) in [7, 11) is 5.50. The van der Waals surface area contributed by atoms with Crippen LogP contribution < -0.4 is 25.3 Å². The number of thioether (sulfide) groups is 1. The van der Waals surface area contributed by atoms with Gasteiger partial charge in [-0.05, 0) is 60.4 Å². The Balaban J connectivity index is 1.06. The van der Waals surface area contributed by atoms with E-state index in [9.17, 15) is 24.0 Å². The molecule has 0 bridgehead atoms. The number of anilines is 1. The first-order valence-electron chi connectivity index (χ1n) is 15.0. The normalized spacial score (nSPS) is 14.1. The molecule has 1 fully saturated rings. The lowest BCUT2D eigenvalue weighted by molar-refractivity contribution is -0.129. The maximum absolute atomic E-state index is 13.0. The van der Waals surface area contributed by atoms with E-state index in [1.165, 1.54) is 6.07 Å². The van der Waals surface area contributed by atoms with Gasteiger partial charge in [-0.2, -0.15) is 0 Å². The summed E-state index contributed by atoms with van der Waals surface area (Å²) in [5, 5.41) is 2.22. The number of nitrogens with zero attached hydrogens (tertiary/aromatic N) is 2. The summed E-state index contributed by atoms with van der Waals surface area (Å²) in [6.07, 6.45) is 1.05. The number of carbonyl (C=O) groups excluding carboxylic acids is 4. The lowest BCUT2D eigenvalue weighted by Crippen LogP contribution is -2.30. The lowest BCUT2D eigenvalue weighted by atomic mass is 10.1. The molecule has 47 heavy (non-hydrogen) atoms. The minimum Gasteiger partial charge on any atom is -0.494 e. The number of imide groups is 1. The highest BCUT2D eigenvalue weighted by Crippen LogP contribution is 2.25. The molecule has 2 heterocycles. The molecule has 244 valence electrons. The van der Waals surface area contributed by atoms with Crippen LogP contribution >= 0.6 is 11.8 Å². The number of amides is 3. The summed E-state index contributed by atoms with van der Waals surface area (Å²) in [6, 6.07) is 20.8. The third-order valence-electron chi connectivity index (χ3n) is 7.64. The smallest absolute Gasteiger partial charge is 0.336 e. The maximum Gasteiger partial charge on any atom is 0.336 e. The average Bonchev–Trinajstić information content (AvgIpc) is 3.37. The second kappa shape index (κ2) is 15.0. The second-order valence-electron chi connectivity index (χ2n) is 11.3. The van der Waals surface area contributed by atoms with Crippen LogP contribution in [0.15, 0.2) is 82.0 Å². The Bertz CT molecular complexity index is 1850. The molecule has 0 spiro atoms. The van der Waals surface area contributed by atoms with Gasteiger partial charge in [-0.1, -0.05) is 36.0 Å². The molecule has 1 atom stereocenters. The molecule has 3 aromatic carbocycles. The first-order valence-corrected chi connectivity index (χ1v) is 15.9. The van der Waals surface area contributed by atoms with Crippen molar-refractivity contribution in [3.8, 4) is 11.5 Å². The fraction of sp³-hybridized carbons (Fsp3) is 0.286. The number of fused-ring (bicyclic) bond motifs is 1. The summed E-state index contributed by atoms with van der Waals surface area (Å²) >= 11 is 0.982. The van der Waals surface area contributed by atoms with Crippen LogP contribution in [-0.2, 0) is 22.4 Å². The predicted octanol–water partition coefficient (Wildman–Crippen LogP) is 4.48. The highest BCUT2D eigenvalue weighted by molar-refractivity contribution is 8.15. The van der Waals surface area contributed by atoms with Crippen molar-refractivity contribution in [1.29, 1.82) is 0 Å². The van der Waals surface area contributed by atoms with Gasteiger partial charge in [0.15, 0.2) is 12.4 Å². The van der Waals surface area contributed by atoms with Gasteiger partial charge in [0.25, 0.3) is 5.24 Å². The number of hydrogen-bond donors (Lipinski definition) is 1. The first kappa shape index (κ1) is 33.3. The molecule has 0 radical (unpaired) electrons. The van der Waals surface area contributed by atoms with E-state index in [4.69, 9.17) is 13.9 Å². The van der Waals surface area contributed by atoms with Gasteiger partial charge in [-0.3, -0.25) is 24.5 Å². The number of nitrogens with one attached hydrogen (secondary N) is 1. The average molecular weight is 658 g/mol. The monoisotopic (exact) mass is 657 g/mol. The van der Waals surface area contributed by atoms with Crippen LogP contribution in [0.4, 0.5) is 10.5 Å². The van der Waals surface area contributed by atoms with Gasteiger partial charge >= 0.3 is 5.63 Å². The zero-order chi connectivity index (χ0) is 33.5. The van der Waals surface area contributed by atoms with E-state index in [1.807, 2.05) is 31.1 Å². The molecule has 1 saturated heterocycles. The number of benzene rings is 3. The zero-order valence-electron chi connectivity index (χ0n) is 26.3. The molecule has 4 aromatic rings. The van der Waals surface area contributed by atoms with Gasteiger partial charge in [0, 0.05) is 56.5 Å². The van der Waals surface area contributed by atoms with E-state index in [1.54, 1.807) is 66.5 Å². The molecule has 3 amide bonds. The van der Waals surface area contributed by atoms with Crippen LogP contribution in [0.3, 0.4) is 0 Å². The minimum atomic E-state index is -0.500. The topological polar surface area (TPSA) is 135 Å². The first-order chi connectivity index (χ1) is 22.5. The number of Topliss-reactive ketones (excluding diaryl/α,β-unsaturated/α-hetero) is 1. The Hall–Kier alpha value is -5.10. The van der Waals surface area contributed by atoms with Crippen molar-refractivity contribution in [2.45, 2.75) is 24.5 Å². The van der Waals surface area contributed by atoms with Gasteiger partial charge in [-0.15, -0.1) is 0 Å². The van der Waals surface area contributed by atoms with E-state index < -0.39 is 10.9 Å². The van der Waals surface area contributed by atoms with Gasteiger partial charge in [-0.25, -0.2) is 4.79 Å². The molecule has 0 aliphatic carbocycles. The summed E-state index contributed by atoms with van der Waals surface area (Å²) < 4.78 is 16.9. The maximum atomic E-state index is 13.0. The van der Waals surface area contributed by atoms with Crippen LogP contribution in [0.5, 0.6) is 11.5 Å². The summed E-state index contributed by atoms with van der Waals surface area (Å²) in [4.78, 5) is 64.6. The quantitative estimate of drug-likeness (QED) is 0.117. The van der Waals surface area contributed by atoms with Crippen LogP contribution in [0.1, 0.15) is 27.9 Å². The SMILES string of the molecule is CN(CCCOc1cccc(C(=O)COc2ccc(CC3SC(=O)NC3=O)cc2)c1)C(=O)Cc1cc(=O)oc2cc(N(C)C)ccc12. The predicted molar refractivity (Wildman–Crippen MR) is 180 cm³/mol. The van der Waals surface area contributed by atoms with E-state index in [-0.39, 0.29) is 35.9 Å². The van der Waals surface area contributed by atoms with E-state index in [0.717, 1.165) is 28.4 Å². The third kappa shape index (κ3) is 8.79. The Morgan fingerprint density at radius 1 is 0.915 bits per heavy atom. The molecule has 5 rings (SSSR count). The van der Waals surface area contributed by atoms with Crippen LogP contribution in [0.25, 0.3) is 11.0 Å². The van der Waals surface area contributed by atoms with Crippen LogP contribution in [0, 0.1) is 0 Å². The molecule has 1 aliphatic heterocycles. The summed E-state index contributed by atoms with van der Waals surface area (Å²) in [5.74, 6) is 0.399. The van der Waals surface area contributed by atoms with E-state index in [2.05, 4.69) is 5.32 Å². The van der Waals surface area contributed by atoms with Crippen LogP contribution in [-0.4, -0.2) is 73.9 Å². The number of ketones is 1. The number of likely N-dealkylation sites (N-methyl/N-ethyl adjacent to an activating group) is 1. The largest absolute Gasteiger partial charge is 0.494 e. The van der Waals surface area contributed by atoms with Crippen molar-refractivity contribution >= 4 is 51.3 Å². The van der Waals surface area contributed by atoms with Crippen molar-refractivity contribution in [2.24, 2.45) is 0 Å². The highest BCUT2D eigenvalue weighted by atomic mass is 32.2. The van der Waals surface area contributed by atoms with Crippen LogP contribution in [0.2, 0.25) is 0 Å². The van der Waals surface area contributed by atoms with E-state index in [0.29, 0.717) is 54.2 Å². The molecule has 0 saturated carbocycles. The Morgan fingerprint density at radius 2 is 1.70 bits per heavy atom. The van der Waals surface area contributed by atoms with Crippen molar-refractivity contribution in [3.05, 3.63) is 99.9 Å². The Kier molecular flexibility index (Phi) is 10.6. The van der Waals surface area contributed by atoms with Gasteiger partial charge in [0.1, 0.15) is 17.1 Å². The van der Waals surface area contributed by atoms with Crippen molar-refractivity contribution in [3.63, 3.8) is 0 Å². The molecular formula is C35H35N3O8S. The van der Waals surface area contributed by atoms with Crippen molar-refractivity contribution in [1.82, 2.24) is 10.2 Å². The molecule has 1 aliphatic rings. The number of carbonyl (C=O) groups is 4. The van der Waals surface area contributed by atoms with Crippen molar-refractivity contribution < 1.29 is 33.1 Å². The standard InChI is InChI=1S/C35H35N3O8S/c1-37(2)25-10-13-28-24(19-33(41)46-30(28)20-25)18-32(40)38(3)14-5-15-44-27-7-4-6-23(17-27)29(39)21-45-26-11-8-22(9-12-26)16-31-34(42)36-35(43)47-31/h4,6-13,17,19-20,31H,5,14-16,18,21H2,1-3H3,(H,36,42,43). The molecular weight excluding hydrogens is 622 g/mol. The van der Waals surface area contributed by atoms with Gasteiger partial charge < -0.3 is 23.7 Å². The fourth-order valence-electron chi connectivity index (χ4n) is 5.01. The molecule has 11 nitrogen and oxygen atoms in total. The van der Waals surface area contributed by atoms with Gasteiger partial charge in [0.2, 0.25) is 11.8 Å². The van der Waals surface area contributed by atoms with Crippen molar-refractivity contribution in [2.75, 3.05) is 45.8 Å². The molecule has 1 unspecified atom stereocenters. The number of hydrogen-bond acceptors (Lipinski definition) is 10. The highest BCUT2D eigenvalue weighted by Gasteiger charge is 2.31. The lowest BCUT2D eigenvalue weighted by Gasteiger charge is -2.18. The molecule has 1 N–H and O–H groups in total. The number of rotatable bonds is 14. The molecule has 1 aromatic heterocycles. The fourth-order valence-corrected chi connectivity index (χ4v) is 5.87. The Labute approximate surface area is 275 Å². The van der Waals surface area contributed by atoms with E-state index >= 15 is 0 Å². The third-order valence-corrected chi connectivity index (χ3v) is 8.62. The zero-order valence-corrected chi connectivity index (χ0v) is 27.1. The second-order valence-corrected chi connectivity index (χ2v) is 12.5. The minimum absolute atomic E-state index is 0.0671. The summed E-state index contributed by atoms with van der Waals surface area (Å²) in [5.41, 5.74) is 2.77. The molecule has 12 heteroatoms. The number of ether oxygens (including phenoxy) is 2. The van der Waals surface area contributed by atoms with Gasteiger partial charge in [0.05, 0.1) is 18.3 Å². The Morgan fingerprint density at radius 3 is 2.43 bits per heavy atom.